The van der Waals surface area contributed by atoms with E-state index >= 15 is 0 Å². The fourth-order valence-electron chi connectivity index (χ4n) is 2.55. The first-order valence-corrected chi connectivity index (χ1v) is 8.71. The van der Waals surface area contributed by atoms with Gasteiger partial charge < -0.3 is 5.32 Å². The van der Waals surface area contributed by atoms with Crippen LogP contribution in [0.15, 0.2) is 54.9 Å². The third kappa shape index (κ3) is 3.01. The number of aryl methyl sites for hydroxylation is 1. The Balaban J connectivity index is 1.54. The van der Waals surface area contributed by atoms with Crippen molar-refractivity contribution in [2.24, 2.45) is 0 Å². The van der Waals surface area contributed by atoms with Crippen LogP contribution in [0.25, 0.3) is 20.8 Å². The molecule has 124 valence electrons. The van der Waals surface area contributed by atoms with Crippen LogP contribution in [-0.2, 0) is 6.54 Å². The van der Waals surface area contributed by atoms with Crippen LogP contribution < -0.4 is 5.32 Å². The number of rotatable bonds is 4. The van der Waals surface area contributed by atoms with E-state index in [1.807, 2.05) is 31.2 Å². The van der Waals surface area contributed by atoms with E-state index in [4.69, 9.17) is 0 Å². The van der Waals surface area contributed by atoms with Gasteiger partial charge in [-0.15, -0.1) is 11.3 Å². The summed E-state index contributed by atoms with van der Waals surface area (Å²) < 4.78 is 2.79. The van der Waals surface area contributed by atoms with Gasteiger partial charge in [0.05, 0.1) is 10.2 Å². The third-order valence-electron chi connectivity index (χ3n) is 3.79. The molecule has 0 radical (unpaired) electrons. The SMILES string of the molecule is CCn1nccc1C(=O)Nc1ccc(-c2nc3ccccc3s2)cn1. The lowest BCUT2D eigenvalue weighted by Gasteiger charge is -2.06. The number of hydrogen-bond acceptors (Lipinski definition) is 5. The number of anilines is 1. The van der Waals surface area contributed by atoms with Crippen LogP contribution >= 0.6 is 11.3 Å². The van der Waals surface area contributed by atoms with Crippen LogP contribution in [0.2, 0.25) is 0 Å². The van der Waals surface area contributed by atoms with Crippen molar-refractivity contribution in [2.75, 3.05) is 5.32 Å². The molecule has 0 bridgehead atoms. The molecule has 0 unspecified atom stereocenters. The topological polar surface area (TPSA) is 72.7 Å². The van der Waals surface area contributed by atoms with Gasteiger partial charge in [0.15, 0.2) is 0 Å². The Morgan fingerprint density at radius 3 is 2.84 bits per heavy atom. The largest absolute Gasteiger partial charge is 0.305 e. The second-order valence-corrected chi connectivity index (χ2v) is 6.44. The molecular formula is C18H15N5OS. The van der Waals surface area contributed by atoms with Crippen LogP contribution in [-0.4, -0.2) is 25.7 Å². The molecular weight excluding hydrogens is 334 g/mol. The molecule has 7 heteroatoms. The van der Waals surface area contributed by atoms with E-state index in [2.05, 4.69) is 26.4 Å². The Morgan fingerprint density at radius 2 is 2.08 bits per heavy atom. The highest BCUT2D eigenvalue weighted by Gasteiger charge is 2.12. The number of fused-ring (bicyclic) bond motifs is 1. The van der Waals surface area contributed by atoms with E-state index in [-0.39, 0.29) is 5.91 Å². The lowest BCUT2D eigenvalue weighted by molar-refractivity contribution is 0.101. The van der Waals surface area contributed by atoms with E-state index in [0.29, 0.717) is 18.1 Å². The molecule has 3 heterocycles. The molecule has 0 fully saturated rings. The van der Waals surface area contributed by atoms with E-state index in [1.54, 1.807) is 40.5 Å². The molecule has 1 amide bonds. The minimum Gasteiger partial charge on any atom is -0.305 e. The minimum absolute atomic E-state index is 0.223. The van der Waals surface area contributed by atoms with Crippen LogP contribution in [0.3, 0.4) is 0 Å². The number of pyridine rings is 1. The molecule has 0 aliphatic heterocycles. The number of carbonyl (C=O) groups is 1. The molecule has 1 N–H and O–H groups in total. The highest BCUT2D eigenvalue weighted by molar-refractivity contribution is 7.21. The fraction of sp³-hybridized carbons (Fsp3) is 0.111. The fourth-order valence-corrected chi connectivity index (χ4v) is 3.50. The number of carbonyl (C=O) groups excluding carboxylic acids is 1. The van der Waals surface area contributed by atoms with Gasteiger partial charge in [-0.05, 0) is 37.3 Å². The Morgan fingerprint density at radius 1 is 1.20 bits per heavy atom. The monoisotopic (exact) mass is 349 g/mol. The van der Waals surface area contributed by atoms with Crippen molar-refractivity contribution in [2.45, 2.75) is 13.5 Å². The Kier molecular flexibility index (Phi) is 3.99. The van der Waals surface area contributed by atoms with Gasteiger partial charge in [-0.2, -0.15) is 5.10 Å². The Labute approximate surface area is 148 Å². The summed E-state index contributed by atoms with van der Waals surface area (Å²) in [4.78, 5) is 21.3. The molecule has 3 aromatic heterocycles. The van der Waals surface area contributed by atoms with Crippen LogP contribution in [0.4, 0.5) is 5.82 Å². The van der Waals surface area contributed by atoms with Crippen molar-refractivity contribution in [1.29, 1.82) is 0 Å². The van der Waals surface area contributed by atoms with Crippen LogP contribution in [0.1, 0.15) is 17.4 Å². The van der Waals surface area contributed by atoms with E-state index in [0.717, 1.165) is 20.8 Å². The lowest BCUT2D eigenvalue weighted by Crippen LogP contribution is -2.17. The first-order valence-electron chi connectivity index (χ1n) is 7.90. The van der Waals surface area contributed by atoms with Crippen molar-refractivity contribution >= 4 is 33.3 Å². The quantitative estimate of drug-likeness (QED) is 0.608. The van der Waals surface area contributed by atoms with Crippen molar-refractivity contribution in [3.05, 3.63) is 60.6 Å². The zero-order chi connectivity index (χ0) is 17.2. The summed E-state index contributed by atoms with van der Waals surface area (Å²) in [6.45, 7) is 2.58. The summed E-state index contributed by atoms with van der Waals surface area (Å²) in [6.07, 6.45) is 3.34. The maximum Gasteiger partial charge on any atom is 0.275 e. The van der Waals surface area contributed by atoms with Gasteiger partial charge in [-0.25, -0.2) is 9.97 Å². The summed E-state index contributed by atoms with van der Waals surface area (Å²) in [6, 6.07) is 13.4. The van der Waals surface area contributed by atoms with Gasteiger partial charge in [0.1, 0.15) is 16.5 Å². The molecule has 0 saturated carbocycles. The summed E-state index contributed by atoms with van der Waals surface area (Å²) in [5.74, 6) is 0.276. The van der Waals surface area contributed by atoms with Crippen LogP contribution in [0.5, 0.6) is 0 Å². The molecule has 0 spiro atoms. The molecule has 0 saturated heterocycles. The Bertz CT molecular complexity index is 1000. The summed E-state index contributed by atoms with van der Waals surface area (Å²) in [5, 5.41) is 7.81. The number of para-hydroxylation sites is 1. The Hall–Kier alpha value is -3.06. The van der Waals surface area contributed by atoms with Gasteiger partial charge in [0.25, 0.3) is 5.91 Å². The average molecular weight is 349 g/mol. The second-order valence-electron chi connectivity index (χ2n) is 5.41. The highest BCUT2D eigenvalue weighted by atomic mass is 32.1. The zero-order valence-corrected chi connectivity index (χ0v) is 14.3. The molecule has 0 aliphatic rings. The van der Waals surface area contributed by atoms with Gasteiger partial charge in [0.2, 0.25) is 0 Å². The third-order valence-corrected chi connectivity index (χ3v) is 4.88. The van der Waals surface area contributed by atoms with Gasteiger partial charge in [-0.3, -0.25) is 9.48 Å². The normalized spacial score (nSPS) is 10.9. The number of amides is 1. The smallest absolute Gasteiger partial charge is 0.275 e. The van der Waals surface area contributed by atoms with Crippen molar-refractivity contribution in [1.82, 2.24) is 19.7 Å². The number of benzene rings is 1. The molecule has 6 nitrogen and oxygen atoms in total. The number of aromatic nitrogens is 4. The molecule has 0 atom stereocenters. The van der Waals surface area contributed by atoms with E-state index in [9.17, 15) is 4.79 Å². The number of thiazole rings is 1. The van der Waals surface area contributed by atoms with Crippen molar-refractivity contribution in [3.63, 3.8) is 0 Å². The minimum atomic E-state index is -0.223. The molecule has 0 aliphatic carbocycles. The number of nitrogens with one attached hydrogen (secondary N) is 1. The summed E-state index contributed by atoms with van der Waals surface area (Å²) >= 11 is 1.62. The van der Waals surface area contributed by atoms with Gasteiger partial charge in [-0.1, -0.05) is 12.1 Å². The zero-order valence-electron chi connectivity index (χ0n) is 13.5. The van der Waals surface area contributed by atoms with E-state index in [1.165, 1.54) is 0 Å². The lowest BCUT2D eigenvalue weighted by atomic mass is 10.3. The second kappa shape index (κ2) is 6.45. The average Bonchev–Trinajstić information content (AvgIpc) is 3.28. The number of hydrogen-bond donors (Lipinski definition) is 1. The summed E-state index contributed by atoms with van der Waals surface area (Å²) in [7, 11) is 0. The van der Waals surface area contributed by atoms with Gasteiger partial charge >= 0.3 is 0 Å². The highest BCUT2D eigenvalue weighted by Crippen LogP contribution is 2.29. The maximum atomic E-state index is 12.3. The van der Waals surface area contributed by atoms with Crippen LogP contribution in [0, 0.1) is 0 Å². The van der Waals surface area contributed by atoms with Gasteiger partial charge in [0, 0.05) is 24.5 Å². The van der Waals surface area contributed by atoms with Crippen molar-refractivity contribution < 1.29 is 4.79 Å². The standard InChI is InChI=1S/C18H15N5OS/c1-2-23-14(9-10-20-23)17(24)22-16-8-7-12(11-19-16)18-21-13-5-3-4-6-15(13)25-18/h3-11H,2H2,1H3,(H,19,22,24). The predicted molar refractivity (Wildman–Crippen MR) is 98.7 cm³/mol. The van der Waals surface area contributed by atoms with E-state index < -0.39 is 0 Å². The first kappa shape index (κ1) is 15.5. The first-order chi connectivity index (χ1) is 12.2. The molecule has 1 aromatic carbocycles. The predicted octanol–water partition coefficient (Wildman–Crippen LogP) is 3.83. The number of nitrogens with zero attached hydrogens (tertiary/aromatic N) is 4. The van der Waals surface area contributed by atoms with Crippen molar-refractivity contribution in [3.8, 4) is 10.6 Å². The maximum absolute atomic E-state index is 12.3. The molecule has 25 heavy (non-hydrogen) atoms. The molecule has 4 rings (SSSR count). The summed E-state index contributed by atoms with van der Waals surface area (Å²) in [5.41, 5.74) is 2.42. The molecule has 4 aromatic rings.